The molecule has 2 aromatic heterocycles. The molecule has 1 N–H and O–H groups in total. The number of amides is 1. The van der Waals surface area contributed by atoms with Crippen molar-refractivity contribution in [3.05, 3.63) is 53.9 Å². The van der Waals surface area contributed by atoms with Crippen molar-refractivity contribution in [1.82, 2.24) is 25.1 Å². The van der Waals surface area contributed by atoms with Crippen molar-refractivity contribution in [1.29, 1.82) is 0 Å². The quantitative estimate of drug-likeness (QED) is 0.744. The van der Waals surface area contributed by atoms with E-state index >= 15 is 0 Å². The molecule has 0 bridgehead atoms. The summed E-state index contributed by atoms with van der Waals surface area (Å²) >= 11 is 0. The van der Waals surface area contributed by atoms with Crippen molar-refractivity contribution in [2.24, 2.45) is 0 Å². The van der Waals surface area contributed by atoms with E-state index in [0.717, 1.165) is 5.56 Å². The van der Waals surface area contributed by atoms with Gasteiger partial charge in [0.15, 0.2) is 11.5 Å². The van der Waals surface area contributed by atoms with Crippen LogP contribution < -0.4 is 10.1 Å². The van der Waals surface area contributed by atoms with E-state index in [-0.39, 0.29) is 5.91 Å². The summed E-state index contributed by atoms with van der Waals surface area (Å²) in [6.45, 7) is 0.520. The first kappa shape index (κ1) is 15.0. The molecule has 0 saturated heterocycles. The van der Waals surface area contributed by atoms with Gasteiger partial charge >= 0.3 is 0 Å². The van der Waals surface area contributed by atoms with Crippen LogP contribution in [0.3, 0.4) is 0 Å². The fourth-order valence-electron chi connectivity index (χ4n) is 2.19. The molecule has 1 amide bonds. The van der Waals surface area contributed by atoms with Crippen LogP contribution in [-0.4, -0.2) is 32.8 Å². The number of nitrogens with zero attached hydrogens (tertiary/aromatic N) is 4. The maximum Gasteiger partial charge on any atom is 0.231 e. The van der Waals surface area contributed by atoms with Crippen LogP contribution in [0.25, 0.3) is 5.65 Å². The lowest BCUT2D eigenvalue weighted by Gasteiger charge is -2.05. The Labute approximate surface area is 133 Å². The lowest BCUT2D eigenvalue weighted by molar-refractivity contribution is -0.121. The Bertz CT molecular complexity index is 801. The molecule has 0 unspecified atom stereocenters. The van der Waals surface area contributed by atoms with Gasteiger partial charge in [-0.25, -0.2) is 0 Å². The molecule has 7 heteroatoms. The zero-order chi connectivity index (χ0) is 16.1. The van der Waals surface area contributed by atoms with Crippen LogP contribution in [0, 0.1) is 0 Å². The Morgan fingerprint density at radius 2 is 2.00 bits per heavy atom. The molecule has 7 nitrogen and oxygen atoms in total. The monoisotopic (exact) mass is 311 g/mol. The first-order valence-corrected chi connectivity index (χ1v) is 7.32. The number of fused-ring (bicyclic) bond motifs is 1. The van der Waals surface area contributed by atoms with E-state index in [1.165, 1.54) is 0 Å². The topological polar surface area (TPSA) is 81.4 Å². The molecule has 23 heavy (non-hydrogen) atoms. The van der Waals surface area contributed by atoms with E-state index < -0.39 is 0 Å². The van der Waals surface area contributed by atoms with Crippen LogP contribution in [0.1, 0.15) is 17.8 Å². The molecule has 118 valence electrons. The summed E-state index contributed by atoms with van der Waals surface area (Å²) in [5.74, 6) is 1.08. The van der Waals surface area contributed by atoms with Crippen LogP contribution >= 0.6 is 0 Å². The number of rotatable bonds is 6. The molecule has 3 rings (SSSR count). The highest BCUT2D eigenvalue weighted by molar-refractivity contribution is 5.76. The standard InChI is InChI=1S/C16H17N5O2/c1-23-16-10-8-14-19-18-13(21(14)20-16)7-9-15(22)17-11-12-5-3-2-4-6-12/h2-6,8,10H,7,9,11H2,1H3,(H,17,22). The van der Waals surface area contributed by atoms with E-state index in [9.17, 15) is 4.79 Å². The van der Waals surface area contributed by atoms with Gasteiger partial charge in [0.05, 0.1) is 7.11 Å². The SMILES string of the molecule is COc1ccc2nnc(CCC(=O)NCc3ccccc3)n2n1. The predicted octanol–water partition coefficient (Wildman–Crippen LogP) is 1.38. The van der Waals surface area contributed by atoms with Gasteiger partial charge in [-0.15, -0.1) is 15.3 Å². The summed E-state index contributed by atoms with van der Waals surface area (Å²) in [5, 5.41) is 15.3. The van der Waals surface area contributed by atoms with E-state index in [2.05, 4.69) is 20.6 Å². The molecule has 0 aliphatic rings. The van der Waals surface area contributed by atoms with Gasteiger partial charge in [0.1, 0.15) is 0 Å². The Kier molecular flexibility index (Phi) is 4.46. The molecule has 0 radical (unpaired) electrons. The summed E-state index contributed by atoms with van der Waals surface area (Å²) in [6.07, 6.45) is 0.786. The molecular weight excluding hydrogens is 294 g/mol. The zero-order valence-electron chi connectivity index (χ0n) is 12.8. The van der Waals surface area contributed by atoms with Gasteiger partial charge in [-0.05, 0) is 11.6 Å². The van der Waals surface area contributed by atoms with Gasteiger partial charge in [-0.2, -0.15) is 4.52 Å². The number of hydrogen-bond donors (Lipinski definition) is 1. The van der Waals surface area contributed by atoms with E-state index in [4.69, 9.17) is 4.74 Å². The Hall–Kier alpha value is -2.96. The second-order valence-electron chi connectivity index (χ2n) is 5.02. The van der Waals surface area contributed by atoms with Gasteiger partial charge in [-0.3, -0.25) is 4.79 Å². The first-order valence-electron chi connectivity index (χ1n) is 7.32. The van der Waals surface area contributed by atoms with Gasteiger partial charge in [0.2, 0.25) is 11.8 Å². The zero-order valence-corrected chi connectivity index (χ0v) is 12.8. The van der Waals surface area contributed by atoms with Gasteiger partial charge in [-0.1, -0.05) is 30.3 Å². The van der Waals surface area contributed by atoms with Crippen molar-refractivity contribution in [2.75, 3.05) is 7.11 Å². The maximum atomic E-state index is 12.0. The number of hydrogen-bond acceptors (Lipinski definition) is 5. The predicted molar refractivity (Wildman–Crippen MR) is 83.9 cm³/mol. The van der Waals surface area contributed by atoms with Crippen molar-refractivity contribution in [2.45, 2.75) is 19.4 Å². The summed E-state index contributed by atoms with van der Waals surface area (Å²) in [4.78, 5) is 12.0. The van der Waals surface area contributed by atoms with Crippen molar-refractivity contribution in [3.8, 4) is 5.88 Å². The minimum Gasteiger partial charge on any atom is -0.480 e. The molecule has 0 atom stereocenters. The van der Waals surface area contributed by atoms with Crippen LogP contribution in [-0.2, 0) is 17.8 Å². The molecule has 3 aromatic rings. The molecule has 0 saturated carbocycles. The third kappa shape index (κ3) is 3.63. The number of carbonyl (C=O) groups excluding carboxylic acids is 1. The average molecular weight is 311 g/mol. The molecule has 0 fully saturated rings. The van der Waals surface area contributed by atoms with Gasteiger partial charge < -0.3 is 10.1 Å². The highest BCUT2D eigenvalue weighted by Gasteiger charge is 2.10. The largest absolute Gasteiger partial charge is 0.480 e. The van der Waals surface area contributed by atoms with Gasteiger partial charge in [0.25, 0.3) is 0 Å². The number of nitrogens with one attached hydrogen (secondary N) is 1. The molecule has 2 heterocycles. The smallest absolute Gasteiger partial charge is 0.231 e. The molecule has 1 aromatic carbocycles. The van der Waals surface area contributed by atoms with Crippen molar-refractivity contribution in [3.63, 3.8) is 0 Å². The third-order valence-electron chi connectivity index (χ3n) is 3.42. The molecule has 0 aliphatic carbocycles. The average Bonchev–Trinajstić information content (AvgIpc) is 3.01. The fourth-order valence-corrected chi connectivity index (χ4v) is 2.19. The summed E-state index contributed by atoms with van der Waals surface area (Å²) in [5.41, 5.74) is 1.70. The first-order chi connectivity index (χ1) is 11.3. The van der Waals surface area contributed by atoms with E-state index in [1.54, 1.807) is 23.8 Å². The third-order valence-corrected chi connectivity index (χ3v) is 3.42. The van der Waals surface area contributed by atoms with Crippen LogP contribution in [0.5, 0.6) is 5.88 Å². The minimum atomic E-state index is -0.0338. The number of aryl methyl sites for hydroxylation is 1. The number of methoxy groups -OCH3 is 1. The second kappa shape index (κ2) is 6.87. The second-order valence-corrected chi connectivity index (χ2v) is 5.02. The van der Waals surface area contributed by atoms with Crippen LogP contribution in [0.4, 0.5) is 0 Å². The minimum absolute atomic E-state index is 0.0338. The van der Waals surface area contributed by atoms with E-state index in [0.29, 0.717) is 36.7 Å². The Balaban J connectivity index is 1.58. The van der Waals surface area contributed by atoms with Crippen LogP contribution in [0.2, 0.25) is 0 Å². The van der Waals surface area contributed by atoms with E-state index in [1.807, 2.05) is 30.3 Å². The summed E-state index contributed by atoms with van der Waals surface area (Å²) in [6, 6.07) is 13.3. The number of carbonyl (C=O) groups is 1. The Morgan fingerprint density at radius 3 is 2.78 bits per heavy atom. The van der Waals surface area contributed by atoms with Gasteiger partial charge in [0, 0.05) is 25.5 Å². The van der Waals surface area contributed by atoms with Crippen molar-refractivity contribution >= 4 is 11.6 Å². The number of benzene rings is 1. The summed E-state index contributed by atoms with van der Waals surface area (Å²) in [7, 11) is 1.55. The van der Waals surface area contributed by atoms with Crippen LogP contribution in [0.15, 0.2) is 42.5 Å². The highest BCUT2D eigenvalue weighted by Crippen LogP contribution is 2.09. The lowest BCUT2D eigenvalue weighted by atomic mass is 10.2. The molecular formula is C16H17N5O2. The number of ether oxygens (including phenoxy) is 1. The fraction of sp³-hybridized carbons (Fsp3) is 0.250. The van der Waals surface area contributed by atoms with Crippen molar-refractivity contribution < 1.29 is 9.53 Å². The number of aromatic nitrogens is 4. The summed E-state index contributed by atoms with van der Waals surface area (Å²) < 4.78 is 6.69. The Morgan fingerprint density at radius 1 is 1.17 bits per heavy atom. The lowest BCUT2D eigenvalue weighted by Crippen LogP contribution is -2.23. The normalized spacial score (nSPS) is 10.7. The molecule has 0 spiro atoms. The highest BCUT2D eigenvalue weighted by atomic mass is 16.5. The molecule has 0 aliphatic heterocycles. The maximum absolute atomic E-state index is 12.0.